The molecule has 0 saturated carbocycles. The quantitative estimate of drug-likeness (QED) is 0.252. The summed E-state index contributed by atoms with van der Waals surface area (Å²) in [5.41, 5.74) is 0.513. The van der Waals surface area contributed by atoms with E-state index in [1.807, 2.05) is 12.1 Å². The molecule has 0 saturated heterocycles. The Kier molecular flexibility index (Phi) is 7.02. The van der Waals surface area contributed by atoms with E-state index in [0.29, 0.717) is 34.7 Å². The molecule has 0 aliphatic heterocycles. The third kappa shape index (κ3) is 6.21. The normalized spacial score (nSPS) is 11.6. The minimum absolute atomic E-state index is 0.152. The van der Waals surface area contributed by atoms with E-state index in [1.54, 1.807) is 59.4 Å². The fourth-order valence-corrected chi connectivity index (χ4v) is 4.13. The molecule has 12 heteroatoms. The number of halogens is 3. The molecule has 0 aliphatic carbocycles. The van der Waals surface area contributed by atoms with Gasteiger partial charge in [-0.15, -0.1) is 0 Å². The third-order valence-electron chi connectivity index (χ3n) is 5.62. The second-order valence-electron chi connectivity index (χ2n) is 9.51. The number of aromatic nitrogens is 5. The van der Waals surface area contributed by atoms with Crippen molar-refractivity contribution < 1.29 is 18.6 Å². The fraction of sp³-hybridized carbons (Fsp3) is 0.185. The van der Waals surface area contributed by atoms with Crippen molar-refractivity contribution in [3.63, 3.8) is 0 Å². The van der Waals surface area contributed by atoms with E-state index in [1.165, 1.54) is 6.33 Å². The van der Waals surface area contributed by atoms with Crippen molar-refractivity contribution in [2.75, 3.05) is 5.32 Å². The van der Waals surface area contributed by atoms with Gasteiger partial charge < -0.3 is 19.7 Å². The number of anilines is 2. The first kappa shape index (κ1) is 26.3. The summed E-state index contributed by atoms with van der Waals surface area (Å²) < 4.78 is 35.6. The van der Waals surface area contributed by atoms with Crippen molar-refractivity contribution in [3.8, 4) is 11.6 Å². The van der Waals surface area contributed by atoms with Gasteiger partial charge in [0, 0.05) is 22.8 Å². The van der Waals surface area contributed by atoms with Gasteiger partial charge in [0.1, 0.15) is 11.6 Å². The zero-order valence-electron chi connectivity index (χ0n) is 20.9. The minimum atomic E-state index is -1.07. The number of ether oxygens (including phenoxy) is 1. The fourth-order valence-electron chi connectivity index (χ4n) is 4.00. The highest BCUT2D eigenvalue weighted by atomic mass is 35.5. The van der Waals surface area contributed by atoms with Gasteiger partial charge in [0.2, 0.25) is 17.8 Å². The van der Waals surface area contributed by atoms with Crippen LogP contribution in [0.2, 0.25) is 5.02 Å². The monoisotopic (exact) mass is 552 g/mol. The standard InChI is InChI=1S/C27H23ClF2N6O3/c1-27(2,38)14-35-15-31-24-23(35)25(37)34-26(36(24)13-16-3-5-17(28)6-4-16)32-19-7-9-20(10-8-19)39-22-12-18(29)11-21(30)33-22/h3-12,15,38H,13-14H2,1-2H3,(H,32,34,37). The Bertz CT molecular complexity index is 1680. The molecule has 0 fully saturated rings. The summed E-state index contributed by atoms with van der Waals surface area (Å²) >= 11 is 6.05. The second-order valence-corrected chi connectivity index (χ2v) is 9.94. The van der Waals surface area contributed by atoms with E-state index >= 15 is 0 Å². The Hall–Kier alpha value is -4.35. The lowest BCUT2D eigenvalue weighted by Crippen LogP contribution is -2.28. The lowest BCUT2D eigenvalue weighted by atomic mass is 10.1. The molecule has 5 aromatic rings. The highest BCUT2D eigenvalue weighted by Gasteiger charge is 2.21. The molecule has 0 unspecified atom stereocenters. The molecular weight excluding hydrogens is 530 g/mol. The zero-order chi connectivity index (χ0) is 27.7. The number of rotatable bonds is 8. The maximum atomic E-state index is 13.4. The number of aliphatic hydroxyl groups is 1. The molecule has 0 spiro atoms. The third-order valence-corrected chi connectivity index (χ3v) is 5.87. The Morgan fingerprint density at radius 2 is 1.77 bits per heavy atom. The van der Waals surface area contributed by atoms with Crippen LogP contribution in [0.1, 0.15) is 19.4 Å². The van der Waals surface area contributed by atoms with E-state index in [4.69, 9.17) is 16.3 Å². The van der Waals surface area contributed by atoms with Crippen molar-refractivity contribution >= 4 is 34.4 Å². The molecular formula is C27H23ClF2N6O3. The lowest BCUT2D eigenvalue weighted by Gasteiger charge is -2.19. The van der Waals surface area contributed by atoms with Crippen LogP contribution < -0.4 is 15.6 Å². The molecule has 0 aliphatic rings. The van der Waals surface area contributed by atoms with Gasteiger partial charge in [0.15, 0.2) is 11.2 Å². The molecule has 0 radical (unpaired) electrons. The predicted molar refractivity (Wildman–Crippen MR) is 143 cm³/mol. The highest BCUT2D eigenvalue weighted by molar-refractivity contribution is 6.30. The molecule has 9 nitrogen and oxygen atoms in total. The van der Waals surface area contributed by atoms with Gasteiger partial charge in [0.05, 0.1) is 25.0 Å². The van der Waals surface area contributed by atoms with Crippen molar-refractivity contribution in [2.45, 2.75) is 32.5 Å². The Balaban J connectivity index is 1.49. The Morgan fingerprint density at radius 3 is 2.44 bits per heavy atom. The number of pyridine rings is 1. The van der Waals surface area contributed by atoms with Gasteiger partial charge in [-0.2, -0.15) is 14.4 Å². The molecule has 2 aromatic carbocycles. The van der Waals surface area contributed by atoms with Crippen LogP contribution in [0.15, 0.2) is 71.8 Å². The summed E-state index contributed by atoms with van der Waals surface area (Å²) in [7, 11) is 0. The van der Waals surface area contributed by atoms with E-state index in [9.17, 15) is 18.7 Å². The number of hydrogen-bond acceptors (Lipinski definition) is 7. The number of nitrogens with one attached hydrogen (secondary N) is 1. The molecule has 2 N–H and O–H groups in total. The van der Waals surface area contributed by atoms with Gasteiger partial charge in [-0.1, -0.05) is 23.7 Å². The second kappa shape index (κ2) is 10.4. The summed E-state index contributed by atoms with van der Waals surface area (Å²) in [5, 5.41) is 14.0. The molecule has 39 heavy (non-hydrogen) atoms. The van der Waals surface area contributed by atoms with Gasteiger partial charge in [-0.05, 0) is 55.8 Å². The SMILES string of the molecule is CC(C)(O)Cn1cnc2c1c(=O)nc(Nc1ccc(Oc3cc(F)cc(F)n3)cc1)n2Cc1ccc(Cl)cc1. The Morgan fingerprint density at radius 1 is 1.05 bits per heavy atom. The summed E-state index contributed by atoms with van der Waals surface area (Å²) in [6.07, 6.45) is 1.50. The van der Waals surface area contributed by atoms with Crippen molar-refractivity contribution in [1.82, 2.24) is 24.1 Å². The summed E-state index contributed by atoms with van der Waals surface area (Å²) in [4.78, 5) is 25.4. The number of benzene rings is 2. The summed E-state index contributed by atoms with van der Waals surface area (Å²) in [6, 6.07) is 15.3. The minimum Gasteiger partial charge on any atom is -0.439 e. The zero-order valence-corrected chi connectivity index (χ0v) is 21.7. The van der Waals surface area contributed by atoms with Crippen molar-refractivity contribution in [3.05, 3.63) is 99.7 Å². The first-order chi connectivity index (χ1) is 18.5. The van der Waals surface area contributed by atoms with Crippen LogP contribution in [0.5, 0.6) is 11.6 Å². The van der Waals surface area contributed by atoms with Gasteiger partial charge in [-0.3, -0.25) is 9.36 Å². The van der Waals surface area contributed by atoms with Crippen LogP contribution in [0.3, 0.4) is 0 Å². The van der Waals surface area contributed by atoms with Crippen LogP contribution in [0, 0.1) is 11.8 Å². The molecule has 200 valence electrons. The molecule has 0 bridgehead atoms. The predicted octanol–water partition coefficient (Wildman–Crippen LogP) is 5.27. The first-order valence-corrected chi connectivity index (χ1v) is 12.2. The van der Waals surface area contributed by atoms with Crippen molar-refractivity contribution in [1.29, 1.82) is 0 Å². The molecule has 3 heterocycles. The van der Waals surface area contributed by atoms with Gasteiger partial charge in [-0.25, -0.2) is 9.37 Å². The van der Waals surface area contributed by atoms with E-state index in [-0.39, 0.29) is 23.9 Å². The molecule has 0 amide bonds. The van der Waals surface area contributed by atoms with Crippen LogP contribution >= 0.6 is 11.6 Å². The van der Waals surface area contributed by atoms with Gasteiger partial charge in [0.25, 0.3) is 0 Å². The lowest BCUT2D eigenvalue weighted by molar-refractivity contribution is 0.0626. The molecule has 5 rings (SSSR count). The maximum Gasteiger partial charge on any atom is 0.300 e. The summed E-state index contributed by atoms with van der Waals surface area (Å²) in [5.74, 6) is -1.49. The average Bonchev–Trinajstić information content (AvgIpc) is 3.26. The van der Waals surface area contributed by atoms with Crippen molar-refractivity contribution in [2.24, 2.45) is 0 Å². The van der Waals surface area contributed by atoms with E-state index < -0.39 is 22.9 Å². The average molecular weight is 553 g/mol. The number of fused-ring (bicyclic) bond motifs is 1. The van der Waals surface area contributed by atoms with Gasteiger partial charge >= 0.3 is 5.56 Å². The topological polar surface area (TPSA) is 107 Å². The van der Waals surface area contributed by atoms with Crippen LogP contribution in [0.25, 0.3) is 11.2 Å². The van der Waals surface area contributed by atoms with Crippen LogP contribution in [-0.4, -0.2) is 34.8 Å². The number of nitrogens with zero attached hydrogens (tertiary/aromatic N) is 5. The van der Waals surface area contributed by atoms with E-state index in [0.717, 1.165) is 11.6 Å². The maximum absolute atomic E-state index is 13.4. The summed E-state index contributed by atoms with van der Waals surface area (Å²) in [6.45, 7) is 3.76. The molecule has 0 atom stereocenters. The Labute approximate surface area is 226 Å². The smallest absolute Gasteiger partial charge is 0.300 e. The van der Waals surface area contributed by atoms with Crippen LogP contribution in [0.4, 0.5) is 20.4 Å². The van der Waals surface area contributed by atoms with Crippen LogP contribution in [-0.2, 0) is 13.1 Å². The first-order valence-electron chi connectivity index (χ1n) is 11.8. The van der Waals surface area contributed by atoms with E-state index in [2.05, 4.69) is 20.3 Å². The highest BCUT2D eigenvalue weighted by Crippen LogP contribution is 2.25. The number of imidazole rings is 1. The molecule has 3 aromatic heterocycles. The number of hydrogen-bond donors (Lipinski definition) is 2. The largest absolute Gasteiger partial charge is 0.439 e.